The Labute approximate surface area is 142 Å². The summed E-state index contributed by atoms with van der Waals surface area (Å²) < 4.78 is 38.7. The van der Waals surface area contributed by atoms with Crippen molar-refractivity contribution in [3.05, 3.63) is 56.5 Å². The molecule has 0 nitrogen and oxygen atoms in total. The van der Waals surface area contributed by atoms with Crippen LogP contribution >= 0.6 is 50.7 Å². The summed E-state index contributed by atoms with van der Waals surface area (Å²) in [7, 11) is 0. The van der Waals surface area contributed by atoms with Gasteiger partial charge in [-0.25, -0.2) is 0 Å². The minimum Gasteiger partial charge on any atom is -0.166 e. The maximum Gasteiger partial charge on any atom is 0.416 e. The Hall–Kier alpha value is -0.420. The fourth-order valence-electron chi connectivity index (χ4n) is 1.95. The summed E-state index contributed by atoms with van der Waals surface area (Å²) in [6.45, 7) is 0. The third-order valence-electron chi connectivity index (χ3n) is 2.85. The van der Waals surface area contributed by atoms with Gasteiger partial charge >= 0.3 is 6.18 Å². The van der Waals surface area contributed by atoms with Crippen LogP contribution in [-0.2, 0) is 11.5 Å². The summed E-state index contributed by atoms with van der Waals surface area (Å²) in [5, 5.41) is 1.00. The van der Waals surface area contributed by atoms with Crippen LogP contribution in [0.15, 0.2) is 30.3 Å². The van der Waals surface area contributed by atoms with E-state index in [-0.39, 0.29) is 20.9 Å². The molecule has 112 valence electrons. The lowest BCUT2D eigenvalue weighted by atomic mass is 9.99. The number of benzene rings is 2. The zero-order valence-corrected chi connectivity index (χ0v) is 14.1. The third kappa shape index (κ3) is 3.67. The zero-order chi connectivity index (χ0) is 15.8. The van der Waals surface area contributed by atoms with Crippen molar-refractivity contribution < 1.29 is 13.2 Å². The van der Waals surface area contributed by atoms with Crippen LogP contribution in [0.2, 0.25) is 15.1 Å². The normalized spacial score (nSPS) is 11.8. The molecule has 0 heterocycles. The van der Waals surface area contributed by atoms with Crippen molar-refractivity contribution in [3.8, 4) is 11.1 Å². The van der Waals surface area contributed by atoms with Crippen LogP contribution in [0.4, 0.5) is 13.2 Å². The molecule has 0 amide bonds. The van der Waals surface area contributed by atoms with Crippen molar-refractivity contribution in [1.29, 1.82) is 0 Å². The summed E-state index contributed by atoms with van der Waals surface area (Å²) in [4.78, 5) is 0. The van der Waals surface area contributed by atoms with E-state index in [1.54, 1.807) is 0 Å². The van der Waals surface area contributed by atoms with Crippen molar-refractivity contribution >= 4 is 50.7 Å². The van der Waals surface area contributed by atoms with E-state index in [0.29, 0.717) is 16.1 Å². The van der Waals surface area contributed by atoms with E-state index in [4.69, 9.17) is 34.8 Å². The van der Waals surface area contributed by atoms with Gasteiger partial charge in [0, 0.05) is 15.9 Å². The van der Waals surface area contributed by atoms with E-state index in [0.717, 1.165) is 6.07 Å². The van der Waals surface area contributed by atoms with Gasteiger partial charge in [-0.1, -0.05) is 56.8 Å². The molecule has 21 heavy (non-hydrogen) atoms. The van der Waals surface area contributed by atoms with Gasteiger partial charge in [-0.15, -0.1) is 0 Å². The highest BCUT2D eigenvalue weighted by molar-refractivity contribution is 9.08. The molecule has 0 spiro atoms. The van der Waals surface area contributed by atoms with E-state index in [1.165, 1.54) is 24.3 Å². The minimum atomic E-state index is -4.41. The monoisotopic (exact) mass is 416 g/mol. The van der Waals surface area contributed by atoms with E-state index in [1.807, 2.05) is 0 Å². The molecule has 2 rings (SSSR count). The Balaban J connectivity index is 2.62. The van der Waals surface area contributed by atoms with Crippen LogP contribution in [0.25, 0.3) is 11.1 Å². The van der Waals surface area contributed by atoms with E-state index in [2.05, 4.69) is 15.9 Å². The Morgan fingerprint density at radius 3 is 2.00 bits per heavy atom. The first-order chi connectivity index (χ1) is 9.74. The van der Waals surface area contributed by atoms with Gasteiger partial charge in [-0.3, -0.25) is 0 Å². The fourth-order valence-corrected chi connectivity index (χ4v) is 3.45. The second kappa shape index (κ2) is 6.37. The lowest BCUT2D eigenvalue weighted by Gasteiger charge is -2.14. The standard InChI is InChI=1S/C14H7BrCl3F3/c15-6-8-3-7(1-2-10(8)14(19,20)21)13-11(17)4-9(16)5-12(13)18/h1-5H,6H2. The first-order valence-corrected chi connectivity index (χ1v) is 7.90. The number of rotatable bonds is 2. The predicted molar refractivity (Wildman–Crippen MR) is 84.5 cm³/mol. The largest absolute Gasteiger partial charge is 0.416 e. The second-order valence-electron chi connectivity index (χ2n) is 4.25. The topological polar surface area (TPSA) is 0 Å². The fraction of sp³-hybridized carbons (Fsp3) is 0.143. The molecule has 2 aromatic carbocycles. The maximum atomic E-state index is 12.9. The number of alkyl halides is 4. The van der Waals surface area contributed by atoms with Crippen molar-refractivity contribution in [2.45, 2.75) is 11.5 Å². The quantitative estimate of drug-likeness (QED) is 0.452. The molecule has 0 fully saturated rings. The van der Waals surface area contributed by atoms with Crippen molar-refractivity contribution in [1.82, 2.24) is 0 Å². The lowest BCUT2D eigenvalue weighted by molar-refractivity contribution is -0.138. The van der Waals surface area contributed by atoms with Gasteiger partial charge < -0.3 is 0 Å². The Morgan fingerprint density at radius 1 is 0.952 bits per heavy atom. The Kier molecular flexibility index (Phi) is 5.14. The smallest absolute Gasteiger partial charge is 0.166 e. The molecule has 0 bridgehead atoms. The second-order valence-corrected chi connectivity index (χ2v) is 6.06. The third-order valence-corrected chi connectivity index (χ3v) is 4.27. The van der Waals surface area contributed by atoms with Gasteiger partial charge in [-0.05, 0) is 35.4 Å². The molecule has 0 saturated heterocycles. The van der Waals surface area contributed by atoms with Crippen molar-refractivity contribution in [3.63, 3.8) is 0 Å². The van der Waals surface area contributed by atoms with Crippen LogP contribution in [-0.4, -0.2) is 0 Å². The number of hydrogen-bond acceptors (Lipinski definition) is 0. The van der Waals surface area contributed by atoms with Crippen molar-refractivity contribution in [2.75, 3.05) is 0 Å². The molecule has 0 N–H and O–H groups in total. The molecule has 0 aromatic heterocycles. The summed E-state index contributed by atoms with van der Waals surface area (Å²) in [6.07, 6.45) is -4.41. The SMILES string of the molecule is FC(F)(F)c1ccc(-c2c(Cl)cc(Cl)cc2Cl)cc1CBr. The first-order valence-electron chi connectivity index (χ1n) is 5.65. The Bertz CT molecular complexity index is 661. The molecule has 0 aliphatic rings. The average Bonchev–Trinajstić information content (AvgIpc) is 2.36. The van der Waals surface area contributed by atoms with Crippen LogP contribution in [0.1, 0.15) is 11.1 Å². The molecule has 0 saturated carbocycles. The molecule has 0 aliphatic heterocycles. The van der Waals surface area contributed by atoms with Crippen LogP contribution < -0.4 is 0 Å². The van der Waals surface area contributed by atoms with Crippen molar-refractivity contribution in [2.24, 2.45) is 0 Å². The molecular formula is C14H7BrCl3F3. The molecule has 0 aliphatic carbocycles. The van der Waals surface area contributed by atoms with E-state index in [9.17, 15) is 13.2 Å². The van der Waals surface area contributed by atoms with Gasteiger partial charge in [0.05, 0.1) is 15.6 Å². The lowest BCUT2D eigenvalue weighted by Crippen LogP contribution is -2.08. The van der Waals surface area contributed by atoms with Gasteiger partial charge in [0.15, 0.2) is 0 Å². The molecule has 7 heteroatoms. The average molecular weight is 418 g/mol. The summed E-state index contributed by atoms with van der Waals surface area (Å²) in [6, 6.07) is 6.77. The highest BCUT2D eigenvalue weighted by Crippen LogP contribution is 2.40. The molecule has 0 radical (unpaired) electrons. The van der Waals surface area contributed by atoms with Gasteiger partial charge in [0.1, 0.15) is 0 Å². The van der Waals surface area contributed by atoms with E-state index < -0.39 is 11.7 Å². The summed E-state index contributed by atoms with van der Waals surface area (Å²) in [5.74, 6) is 0. The van der Waals surface area contributed by atoms with Crippen LogP contribution in [0, 0.1) is 0 Å². The summed E-state index contributed by atoms with van der Waals surface area (Å²) in [5.41, 5.74) is 0.384. The zero-order valence-electron chi connectivity index (χ0n) is 10.2. The highest BCUT2D eigenvalue weighted by Gasteiger charge is 2.33. The van der Waals surface area contributed by atoms with E-state index >= 15 is 0 Å². The van der Waals surface area contributed by atoms with Gasteiger partial charge in [0.25, 0.3) is 0 Å². The minimum absolute atomic E-state index is 0.0680. The molecule has 0 unspecified atom stereocenters. The first kappa shape index (κ1) is 16.9. The predicted octanol–water partition coefficient (Wildman–Crippen LogP) is 7.23. The maximum absolute atomic E-state index is 12.9. The Morgan fingerprint density at radius 2 is 1.52 bits per heavy atom. The number of halogens is 7. The molecule has 0 atom stereocenters. The van der Waals surface area contributed by atoms with Gasteiger partial charge in [0.2, 0.25) is 0 Å². The highest BCUT2D eigenvalue weighted by atomic mass is 79.9. The number of hydrogen-bond donors (Lipinski definition) is 0. The summed E-state index contributed by atoms with van der Waals surface area (Å²) >= 11 is 21.1. The van der Waals surface area contributed by atoms with Crippen LogP contribution in [0.3, 0.4) is 0 Å². The molecular weight excluding hydrogens is 411 g/mol. The molecule has 2 aromatic rings. The van der Waals surface area contributed by atoms with Crippen LogP contribution in [0.5, 0.6) is 0 Å². The van der Waals surface area contributed by atoms with Gasteiger partial charge in [-0.2, -0.15) is 13.2 Å².